The van der Waals surface area contributed by atoms with Crippen molar-refractivity contribution in [3.8, 4) is 0 Å². The van der Waals surface area contributed by atoms with Gasteiger partial charge in [0.15, 0.2) is 0 Å². The summed E-state index contributed by atoms with van der Waals surface area (Å²) in [5, 5.41) is 11.0. The number of aryl methyl sites for hydroxylation is 1. The van der Waals surface area contributed by atoms with Crippen LogP contribution < -0.4 is 5.32 Å². The molecule has 4 rings (SSSR count). The van der Waals surface area contributed by atoms with E-state index in [1.54, 1.807) is 6.20 Å². The standard InChI is InChI=1S/C17H15N3O/c21-17(12-5-6-13-10-18-20-16(13)9-12)19-15-8-7-11-3-1-2-4-14(11)15/h1-6,9-10,15H,7-8H2,(H,18,20)(H,19,21). The van der Waals surface area contributed by atoms with Gasteiger partial charge in [0.05, 0.1) is 17.8 Å². The lowest BCUT2D eigenvalue weighted by atomic mass is 10.1. The molecule has 1 heterocycles. The molecule has 1 aliphatic rings. The number of aromatic nitrogens is 2. The van der Waals surface area contributed by atoms with Crippen molar-refractivity contribution in [2.24, 2.45) is 0 Å². The minimum atomic E-state index is -0.0341. The number of hydrogen-bond donors (Lipinski definition) is 2. The Bertz CT molecular complexity index is 822. The third-order valence-corrected chi connectivity index (χ3v) is 4.14. The summed E-state index contributed by atoms with van der Waals surface area (Å²) in [6, 6.07) is 14.0. The molecule has 0 radical (unpaired) electrons. The summed E-state index contributed by atoms with van der Waals surface area (Å²) in [5.74, 6) is -0.0341. The van der Waals surface area contributed by atoms with Gasteiger partial charge in [0, 0.05) is 10.9 Å². The summed E-state index contributed by atoms with van der Waals surface area (Å²) in [4.78, 5) is 12.4. The number of carbonyl (C=O) groups is 1. The van der Waals surface area contributed by atoms with Crippen LogP contribution in [-0.2, 0) is 6.42 Å². The summed E-state index contributed by atoms with van der Waals surface area (Å²) in [5.41, 5.74) is 4.13. The van der Waals surface area contributed by atoms with Gasteiger partial charge in [0.1, 0.15) is 0 Å². The molecule has 2 aromatic carbocycles. The molecule has 4 nitrogen and oxygen atoms in total. The van der Waals surface area contributed by atoms with Gasteiger partial charge >= 0.3 is 0 Å². The van der Waals surface area contributed by atoms with Crippen LogP contribution in [0.4, 0.5) is 0 Å². The summed E-state index contributed by atoms with van der Waals surface area (Å²) in [7, 11) is 0. The number of nitrogens with zero attached hydrogens (tertiary/aromatic N) is 1. The third kappa shape index (κ3) is 2.09. The van der Waals surface area contributed by atoms with Crippen LogP contribution in [-0.4, -0.2) is 16.1 Å². The molecule has 1 amide bonds. The van der Waals surface area contributed by atoms with Gasteiger partial charge in [-0.05, 0) is 36.1 Å². The van der Waals surface area contributed by atoms with Gasteiger partial charge in [0.2, 0.25) is 0 Å². The van der Waals surface area contributed by atoms with Crippen LogP contribution in [0.3, 0.4) is 0 Å². The second-order valence-electron chi connectivity index (χ2n) is 5.44. The highest BCUT2D eigenvalue weighted by molar-refractivity contribution is 5.97. The van der Waals surface area contributed by atoms with Crippen LogP contribution in [0.25, 0.3) is 10.9 Å². The molecule has 0 saturated heterocycles. The molecule has 1 aromatic heterocycles. The number of rotatable bonds is 2. The van der Waals surface area contributed by atoms with Gasteiger partial charge in [-0.3, -0.25) is 9.89 Å². The first kappa shape index (κ1) is 12.1. The molecule has 0 saturated carbocycles. The Labute approximate surface area is 122 Å². The van der Waals surface area contributed by atoms with Crippen molar-refractivity contribution in [1.29, 1.82) is 0 Å². The molecular weight excluding hydrogens is 262 g/mol. The lowest BCUT2D eigenvalue weighted by Crippen LogP contribution is -2.27. The normalized spacial score (nSPS) is 16.9. The van der Waals surface area contributed by atoms with E-state index < -0.39 is 0 Å². The van der Waals surface area contributed by atoms with Crippen LogP contribution in [0.1, 0.15) is 33.9 Å². The molecule has 1 atom stereocenters. The van der Waals surface area contributed by atoms with Crippen molar-refractivity contribution in [3.05, 3.63) is 65.4 Å². The molecule has 2 N–H and O–H groups in total. The number of hydrogen-bond acceptors (Lipinski definition) is 2. The molecule has 0 fully saturated rings. The largest absolute Gasteiger partial charge is 0.345 e. The fourth-order valence-electron chi connectivity index (χ4n) is 3.03. The average molecular weight is 277 g/mol. The summed E-state index contributed by atoms with van der Waals surface area (Å²) in [6.45, 7) is 0. The van der Waals surface area contributed by atoms with Crippen LogP contribution in [0.5, 0.6) is 0 Å². The summed E-state index contributed by atoms with van der Waals surface area (Å²) >= 11 is 0. The van der Waals surface area contributed by atoms with Crippen LogP contribution in [0, 0.1) is 0 Å². The number of nitrogens with one attached hydrogen (secondary N) is 2. The Balaban J connectivity index is 1.58. The zero-order valence-corrected chi connectivity index (χ0v) is 11.5. The number of aromatic amines is 1. The van der Waals surface area contributed by atoms with E-state index in [1.165, 1.54) is 11.1 Å². The predicted molar refractivity (Wildman–Crippen MR) is 81.1 cm³/mol. The Kier molecular flexibility index (Phi) is 2.74. The van der Waals surface area contributed by atoms with Crippen molar-refractivity contribution < 1.29 is 4.79 Å². The van der Waals surface area contributed by atoms with E-state index in [0.717, 1.165) is 23.7 Å². The fraction of sp³-hybridized carbons (Fsp3) is 0.176. The zero-order chi connectivity index (χ0) is 14.2. The number of amides is 1. The minimum Gasteiger partial charge on any atom is -0.345 e. The minimum absolute atomic E-state index is 0.0341. The molecule has 0 bridgehead atoms. The molecule has 1 unspecified atom stereocenters. The molecular formula is C17H15N3O. The maximum Gasteiger partial charge on any atom is 0.251 e. The van der Waals surface area contributed by atoms with Gasteiger partial charge in [-0.25, -0.2) is 0 Å². The topological polar surface area (TPSA) is 57.8 Å². The van der Waals surface area contributed by atoms with E-state index in [4.69, 9.17) is 0 Å². The highest BCUT2D eigenvalue weighted by Gasteiger charge is 2.23. The van der Waals surface area contributed by atoms with E-state index in [-0.39, 0.29) is 11.9 Å². The summed E-state index contributed by atoms with van der Waals surface area (Å²) in [6.07, 6.45) is 3.75. The number of carbonyl (C=O) groups excluding carboxylic acids is 1. The Morgan fingerprint density at radius 3 is 3.10 bits per heavy atom. The van der Waals surface area contributed by atoms with Crippen LogP contribution >= 0.6 is 0 Å². The second-order valence-corrected chi connectivity index (χ2v) is 5.44. The van der Waals surface area contributed by atoms with Crippen molar-refractivity contribution in [1.82, 2.24) is 15.5 Å². The van der Waals surface area contributed by atoms with E-state index in [1.807, 2.05) is 24.3 Å². The SMILES string of the molecule is O=C(NC1CCc2ccccc21)c1ccc2cn[nH]c2c1. The number of fused-ring (bicyclic) bond motifs is 2. The maximum absolute atomic E-state index is 12.4. The van der Waals surface area contributed by atoms with E-state index >= 15 is 0 Å². The number of H-pyrrole nitrogens is 1. The van der Waals surface area contributed by atoms with Crippen LogP contribution in [0.15, 0.2) is 48.7 Å². The molecule has 104 valence electrons. The molecule has 4 heteroatoms. The first-order valence-electron chi connectivity index (χ1n) is 7.13. The number of benzene rings is 2. The van der Waals surface area contributed by atoms with Crippen molar-refractivity contribution >= 4 is 16.8 Å². The lowest BCUT2D eigenvalue weighted by molar-refractivity contribution is 0.0937. The molecule has 0 spiro atoms. The third-order valence-electron chi connectivity index (χ3n) is 4.14. The van der Waals surface area contributed by atoms with Crippen molar-refractivity contribution in [2.75, 3.05) is 0 Å². The smallest absolute Gasteiger partial charge is 0.251 e. The van der Waals surface area contributed by atoms with Crippen LogP contribution in [0.2, 0.25) is 0 Å². The van der Waals surface area contributed by atoms with E-state index in [2.05, 4.69) is 33.7 Å². The maximum atomic E-state index is 12.4. The lowest BCUT2D eigenvalue weighted by Gasteiger charge is -2.14. The van der Waals surface area contributed by atoms with E-state index in [9.17, 15) is 4.79 Å². The fourth-order valence-corrected chi connectivity index (χ4v) is 3.03. The monoisotopic (exact) mass is 277 g/mol. The van der Waals surface area contributed by atoms with Gasteiger partial charge in [-0.1, -0.05) is 30.3 Å². The molecule has 3 aromatic rings. The highest BCUT2D eigenvalue weighted by atomic mass is 16.1. The van der Waals surface area contributed by atoms with Gasteiger partial charge in [-0.2, -0.15) is 5.10 Å². The highest BCUT2D eigenvalue weighted by Crippen LogP contribution is 2.30. The average Bonchev–Trinajstić information content (AvgIpc) is 3.13. The van der Waals surface area contributed by atoms with Crippen molar-refractivity contribution in [2.45, 2.75) is 18.9 Å². The molecule has 21 heavy (non-hydrogen) atoms. The van der Waals surface area contributed by atoms with Crippen molar-refractivity contribution in [3.63, 3.8) is 0 Å². The van der Waals surface area contributed by atoms with Gasteiger partial charge < -0.3 is 5.32 Å². The second kappa shape index (κ2) is 4.74. The Morgan fingerprint density at radius 2 is 2.14 bits per heavy atom. The Morgan fingerprint density at radius 1 is 1.24 bits per heavy atom. The first-order chi connectivity index (χ1) is 10.3. The first-order valence-corrected chi connectivity index (χ1v) is 7.13. The zero-order valence-electron chi connectivity index (χ0n) is 11.5. The summed E-state index contributed by atoms with van der Waals surface area (Å²) < 4.78 is 0. The Hall–Kier alpha value is -2.62. The quantitative estimate of drug-likeness (QED) is 0.756. The predicted octanol–water partition coefficient (Wildman–Crippen LogP) is 2.98. The van der Waals surface area contributed by atoms with Gasteiger partial charge in [0.25, 0.3) is 5.91 Å². The molecule has 0 aliphatic heterocycles. The van der Waals surface area contributed by atoms with Gasteiger partial charge in [-0.15, -0.1) is 0 Å². The molecule has 1 aliphatic carbocycles. The van der Waals surface area contributed by atoms with E-state index in [0.29, 0.717) is 5.56 Å².